The molecule has 1 fully saturated rings. The summed E-state index contributed by atoms with van der Waals surface area (Å²) in [6, 6.07) is 18.0. The Labute approximate surface area is 161 Å². The highest BCUT2D eigenvalue weighted by molar-refractivity contribution is 5.94. The molecule has 0 saturated carbocycles. The largest absolute Gasteiger partial charge is 0.497 e. The van der Waals surface area contributed by atoms with Crippen molar-refractivity contribution in [2.24, 2.45) is 0 Å². The van der Waals surface area contributed by atoms with Crippen molar-refractivity contribution in [2.45, 2.75) is 19.5 Å². The number of nitrogens with zero attached hydrogens (tertiary/aromatic N) is 2. The minimum absolute atomic E-state index is 0.0517. The first-order chi connectivity index (χ1) is 13.1. The molecule has 0 aromatic heterocycles. The smallest absolute Gasteiger partial charge is 0.251 e. The van der Waals surface area contributed by atoms with Crippen molar-refractivity contribution in [1.82, 2.24) is 15.1 Å². The van der Waals surface area contributed by atoms with Crippen molar-refractivity contribution in [3.63, 3.8) is 0 Å². The molecule has 1 atom stereocenters. The number of hydrogen-bond acceptors (Lipinski definition) is 4. The van der Waals surface area contributed by atoms with E-state index in [-0.39, 0.29) is 11.9 Å². The van der Waals surface area contributed by atoms with Crippen LogP contribution in [0.4, 0.5) is 0 Å². The predicted molar refractivity (Wildman–Crippen MR) is 108 cm³/mol. The number of nitrogens with one attached hydrogen (secondary N) is 1. The maximum Gasteiger partial charge on any atom is 0.251 e. The van der Waals surface area contributed by atoms with Gasteiger partial charge in [-0.1, -0.05) is 36.4 Å². The lowest BCUT2D eigenvalue weighted by atomic mass is 10.1. The molecule has 1 amide bonds. The average molecular weight is 367 g/mol. The lowest BCUT2D eigenvalue weighted by Gasteiger charge is -2.36. The summed E-state index contributed by atoms with van der Waals surface area (Å²) in [5, 5.41) is 3.10. The Balaban J connectivity index is 1.42. The van der Waals surface area contributed by atoms with Gasteiger partial charge in [-0.2, -0.15) is 0 Å². The van der Waals surface area contributed by atoms with Crippen LogP contribution in [0.3, 0.4) is 0 Å². The molecule has 0 spiro atoms. The molecule has 1 aliphatic heterocycles. The maximum absolute atomic E-state index is 12.4. The van der Waals surface area contributed by atoms with Crippen LogP contribution in [0.5, 0.6) is 5.75 Å². The maximum atomic E-state index is 12.4. The van der Waals surface area contributed by atoms with E-state index in [0.29, 0.717) is 11.3 Å². The zero-order valence-electron chi connectivity index (χ0n) is 16.2. The van der Waals surface area contributed by atoms with Crippen LogP contribution in [0.2, 0.25) is 0 Å². The fourth-order valence-corrected chi connectivity index (χ4v) is 3.48. The molecule has 1 saturated heterocycles. The Morgan fingerprint density at radius 3 is 2.44 bits per heavy atom. The average Bonchev–Trinajstić information content (AvgIpc) is 2.70. The topological polar surface area (TPSA) is 44.8 Å². The minimum Gasteiger partial charge on any atom is -0.497 e. The van der Waals surface area contributed by atoms with E-state index in [1.54, 1.807) is 13.2 Å². The molecule has 2 aromatic carbocycles. The van der Waals surface area contributed by atoms with Crippen LogP contribution in [0.1, 0.15) is 22.8 Å². The summed E-state index contributed by atoms with van der Waals surface area (Å²) in [6.45, 7) is 8.13. The number of carbonyl (C=O) groups excluding carboxylic acids is 1. The van der Waals surface area contributed by atoms with Gasteiger partial charge in [-0.3, -0.25) is 14.6 Å². The Morgan fingerprint density at radius 2 is 1.74 bits per heavy atom. The molecular formula is C22H29N3O2. The highest BCUT2D eigenvalue weighted by Crippen LogP contribution is 2.13. The van der Waals surface area contributed by atoms with Crippen LogP contribution < -0.4 is 10.1 Å². The summed E-state index contributed by atoms with van der Waals surface area (Å²) < 4.78 is 5.19. The van der Waals surface area contributed by atoms with E-state index < -0.39 is 0 Å². The summed E-state index contributed by atoms with van der Waals surface area (Å²) >= 11 is 0. The minimum atomic E-state index is -0.0517. The van der Waals surface area contributed by atoms with Crippen molar-refractivity contribution < 1.29 is 9.53 Å². The molecule has 1 aliphatic rings. The van der Waals surface area contributed by atoms with Crippen molar-refractivity contribution in [1.29, 1.82) is 0 Å². The van der Waals surface area contributed by atoms with Gasteiger partial charge in [0.25, 0.3) is 5.91 Å². The SMILES string of the molecule is COc1cccc(C(=O)N[C@@H](C)CN2CCN(Cc3ccccc3)CC2)c1. The van der Waals surface area contributed by atoms with E-state index in [4.69, 9.17) is 4.74 Å². The monoisotopic (exact) mass is 367 g/mol. The molecule has 0 radical (unpaired) electrons. The Morgan fingerprint density at radius 1 is 1.04 bits per heavy atom. The van der Waals surface area contributed by atoms with Gasteiger partial charge in [0.05, 0.1) is 7.11 Å². The van der Waals surface area contributed by atoms with Crippen molar-refractivity contribution in [3.8, 4) is 5.75 Å². The molecule has 27 heavy (non-hydrogen) atoms. The van der Waals surface area contributed by atoms with Crippen molar-refractivity contribution >= 4 is 5.91 Å². The molecule has 1 heterocycles. The first-order valence-electron chi connectivity index (χ1n) is 9.57. The number of hydrogen-bond donors (Lipinski definition) is 1. The van der Waals surface area contributed by atoms with Gasteiger partial charge < -0.3 is 10.1 Å². The number of piperazine rings is 1. The second-order valence-electron chi connectivity index (χ2n) is 7.17. The van der Waals surface area contributed by atoms with Crippen LogP contribution in [0, 0.1) is 0 Å². The molecular weight excluding hydrogens is 338 g/mol. The molecule has 0 aliphatic carbocycles. The number of rotatable bonds is 7. The lowest BCUT2D eigenvalue weighted by Crippen LogP contribution is -2.50. The highest BCUT2D eigenvalue weighted by Gasteiger charge is 2.19. The van der Waals surface area contributed by atoms with E-state index in [1.165, 1.54) is 5.56 Å². The second kappa shape index (κ2) is 9.53. The first-order valence-corrected chi connectivity index (χ1v) is 9.57. The van der Waals surface area contributed by atoms with Gasteiger partial charge in [0.2, 0.25) is 0 Å². The first kappa shape index (κ1) is 19.4. The number of methoxy groups -OCH3 is 1. The Bertz CT molecular complexity index is 727. The van der Waals surface area contributed by atoms with E-state index in [2.05, 4.69) is 52.4 Å². The molecule has 2 aromatic rings. The third-order valence-electron chi connectivity index (χ3n) is 4.96. The predicted octanol–water partition coefficient (Wildman–Crippen LogP) is 2.63. The standard InChI is InChI=1S/C22H29N3O2/c1-18(23-22(26)20-9-6-10-21(15-20)27-2)16-24-11-13-25(14-12-24)17-19-7-4-3-5-8-19/h3-10,15,18H,11-14,16-17H2,1-2H3,(H,23,26)/t18-/m0/s1. The Kier molecular flexibility index (Phi) is 6.85. The molecule has 5 nitrogen and oxygen atoms in total. The molecule has 144 valence electrons. The quantitative estimate of drug-likeness (QED) is 0.817. The second-order valence-corrected chi connectivity index (χ2v) is 7.17. The summed E-state index contributed by atoms with van der Waals surface area (Å²) in [4.78, 5) is 17.3. The zero-order chi connectivity index (χ0) is 19.1. The molecule has 0 unspecified atom stereocenters. The van der Waals surface area contributed by atoms with Gasteiger partial charge in [0, 0.05) is 50.9 Å². The van der Waals surface area contributed by atoms with E-state index in [9.17, 15) is 4.79 Å². The van der Waals surface area contributed by atoms with Gasteiger partial charge in [0.1, 0.15) is 5.75 Å². The van der Waals surface area contributed by atoms with E-state index in [1.807, 2.05) is 18.2 Å². The Hall–Kier alpha value is -2.37. The van der Waals surface area contributed by atoms with Crippen molar-refractivity contribution in [3.05, 3.63) is 65.7 Å². The third-order valence-corrected chi connectivity index (χ3v) is 4.96. The number of ether oxygens (including phenoxy) is 1. The van der Waals surface area contributed by atoms with Crippen LogP contribution >= 0.6 is 0 Å². The van der Waals surface area contributed by atoms with Gasteiger partial charge in [-0.15, -0.1) is 0 Å². The molecule has 5 heteroatoms. The number of amides is 1. The van der Waals surface area contributed by atoms with E-state index >= 15 is 0 Å². The number of benzene rings is 2. The third kappa shape index (κ3) is 5.81. The van der Waals surface area contributed by atoms with Crippen LogP contribution in [0.25, 0.3) is 0 Å². The fourth-order valence-electron chi connectivity index (χ4n) is 3.48. The summed E-state index contributed by atoms with van der Waals surface area (Å²) in [7, 11) is 1.61. The van der Waals surface area contributed by atoms with Crippen molar-refractivity contribution in [2.75, 3.05) is 39.8 Å². The van der Waals surface area contributed by atoms with E-state index in [0.717, 1.165) is 39.3 Å². The highest BCUT2D eigenvalue weighted by atomic mass is 16.5. The summed E-state index contributed by atoms with van der Waals surface area (Å²) in [5.41, 5.74) is 2.00. The van der Waals surface area contributed by atoms with Gasteiger partial charge in [0.15, 0.2) is 0 Å². The molecule has 3 rings (SSSR count). The zero-order valence-corrected chi connectivity index (χ0v) is 16.2. The number of carbonyl (C=O) groups is 1. The van der Waals surface area contributed by atoms with Gasteiger partial charge in [-0.25, -0.2) is 0 Å². The van der Waals surface area contributed by atoms with Gasteiger partial charge >= 0.3 is 0 Å². The van der Waals surface area contributed by atoms with Crippen LogP contribution in [-0.4, -0.2) is 61.6 Å². The molecule has 0 bridgehead atoms. The molecule has 1 N–H and O–H groups in total. The lowest BCUT2D eigenvalue weighted by molar-refractivity contribution is 0.0900. The van der Waals surface area contributed by atoms with Gasteiger partial charge in [-0.05, 0) is 30.7 Å². The van der Waals surface area contributed by atoms with Crippen LogP contribution in [0.15, 0.2) is 54.6 Å². The summed E-state index contributed by atoms with van der Waals surface area (Å²) in [6.07, 6.45) is 0. The fraction of sp³-hybridized carbons (Fsp3) is 0.409. The van der Waals surface area contributed by atoms with Crippen LogP contribution in [-0.2, 0) is 6.54 Å². The summed E-state index contributed by atoms with van der Waals surface area (Å²) in [5.74, 6) is 0.647. The normalized spacial score (nSPS) is 16.7.